The lowest BCUT2D eigenvalue weighted by molar-refractivity contribution is 0.102. The Hall–Kier alpha value is -2.96. The molecule has 0 radical (unpaired) electrons. The minimum absolute atomic E-state index is 0.304. The molecule has 0 unspecified atom stereocenters. The summed E-state index contributed by atoms with van der Waals surface area (Å²) in [6.45, 7) is 1.89. The van der Waals surface area contributed by atoms with Crippen LogP contribution in [0.25, 0.3) is 10.8 Å². The van der Waals surface area contributed by atoms with Crippen molar-refractivity contribution in [2.24, 2.45) is 0 Å². The third-order valence-corrected chi connectivity index (χ3v) is 5.14. The first kappa shape index (κ1) is 17.5. The van der Waals surface area contributed by atoms with E-state index in [9.17, 15) is 4.79 Å². The lowest BCUT2D eigenvalue weighted by Gasteiger charge is -2.08. The van der Waals surface area contributed by atoms with E-state index in [0.29, 0.717) is 27.4 Å². The van der Waals surface area contributed by atoms with E-state index in [2.05, 4.69) is 20.6 Å². The SMILES string of the molecule is Cc1cccc(Cl)c1NC(=O)c1csc(Nc2cc3ccccc3cn2)n1. The molecule has 1 amide bonds. The summed E-state index contributed by atoms with van der Waals surface area (Å²) in [6, 6.07) is 15.4. The van der Waals surface area contributed by atoms with Gasteiger partial charge in [0, 0.05) is 17.0 Å². The molecule has 2 aromatic heterocycles. The van der Waals surface area contributed by atoms with Crippen LogP contribution in [0, 0.1) is 6.92 Å². The van der Waals surface area contributed by atoms with Crippen molar-refractivity contribution in [1.29, 1.82) is 0 Å². The van der Waals surface area contributed by atoms with Gasteiger partial charge in [-0.3, -0.25) is 4.79 Å². The number of thiazole rings is 1. The maximum absolute atomic E-state index is 12.5. The number of rotatable bonds is 4. The zero-order chi connectivity index (χ0) is 18.8. The molecular formula is C20H15ClN4OS. The first-order valence-electron chi connectivity index (χ1n) is 8.24. The predicted octanol–water partition coefficient (Wildman–Crippen LogP) is 5.65. The van der Waals surface area contributed by atoms with Gasteiger partial charge in [0.05, 0.1) is 10.7 Å². The quantitative estimate of drug-likeness (QED) is 0.469. The molecule has 0 fully saturated rings. The normalized spacial score (nSPS) is 10.7. The number of aryl methyl sites for hydroxylation is 1. The fourth-order valence-corrected chi connectivity index (χ4v) is 3.63. The second kappa shape index (κ2) is 7.34. The monoisotopic (exact) mass is 394 g/mol. The maximum Gasteiger partial charge on any atom is 0.275 e. The van der Waals surface area contributed by atoms with E-state index in [1.165, 1.54) is 11.3 Å². The van der Waals surface area contributed by atoms with Crippen LogP contribution in [0.15, 0.2) is 60.1 Å². The highest BCUT2D eigenvalue weighted by Gasteiger charge is 2.14. The standard InChI is InChI=1S/C20H15ClN4OS/c1-12-5-4-8-15(21)18(12)25-19(26)16-11-27-20(23-16)24-17-9-13-6-2-3-7-14(13)10-22-17/h2-11H,1H3,(H,25,26)(H,22,23,24). The Balaban J connectivity index is 1.51. The number of amides is 1. The van der Waals surface area contributed by atoms with E-state index >= 15 is 0 Å². The largest absolute Gasteiger partial charge is 0.319 e. The average molecular weight is 395 g/mol. The van der Waals surface area contributed by atoms with Crippen LogP contribution in [0.1, 0.15) is 16.1 Å². The number of carbonyl (C=O) groups excluding carboxylic acids is 1. The van der Waals surface area contributed by atoms with Gasteiger partial charge in [0.2, 0.25) is 0 Å². The molecule has 0 spiro atoms. The van der Waals surface area contributed by atoms with Gasteiger partial charge in [-0.1, -0.05) is 48.0 Å². The van der Waals surface area contributed by atoms with Crippen LogP contribution in [0.2, 0.25) is 5.02 Å². The summed E-state index contributed by atoms with van der Waals surface area (Å²) < 4.78 is 0. The lowest BCUT2D eigenvalue weighted by atomic mass is 10.2. The number of hydrogen-bond acceptors (Lipinski definition) is 5. The number of anilines is 3. The summed E-state index contributed by atoms with van der Waals surface area (Å²) in [5.41, 5.74) is 1.82. The number of hydrogen-bond donors (Lipinski definition) is 2. The van der Waals surface area contributed by atoms with Gasteiger partial charge in [-0.25, -0.2) is 9.97 Å². The Labute approximate surface area is 165 Å². The molecule has 5 nitrogen and oxygen atoms in total. The minimum Gasteiger partial charge on any atom is -0.319 e. The highest BCUT2D eigenvalue weighted by Crippen LogP contribution is 2.27. The van der Waals surface area contributed by atoms with Gasteiger partial charge in [-0.2, -0.15) is 0 Å². The summed E-state index contributed by atoms with van der Waals surface area (Å²) in [5.74, 6) is 0.374. The fraction of sp³-hybridized carbons (Fsp3) is 0.0500. The van der Waals surface area contributed by atoms with Crippen molar-refractivity contribution >= 4 is 56.3 Å². The van der Waals surface area contributed by atoms with E-state index in [4.69, 9.17) is 11.6 Å². The van der Waals surface area contributed by atoms with Crippen LogP contribution in [0.5, 0.6) is 0 Å². The summed E-state index contributed by atoms with van der Waals surface area (Å²) in [5, 5.41) is 10.9. The second-order valence-electron chi connectivity index (χ2n) is 5.97. The average Bonchev–Trinajstić information content (AvgIpc) is 3.13. The van der Waals surface area contributed by atoms with E-state index in [0.717, 1.165) is 16.3 Å². The van der Waals surface area contributed by atoms with Crippen molar-refractivity contribution in [3.63, 3.8) is 0 Å². The Morgan fingerprint density at radius 1 is 1.11 bits per heavy atom. The number of nitrogens with zero attached hydrogens (tertiary/aromatic N) is 2. The van der Waals surface area contributed by atoms with E-state index in [1.807, 2.05) is 49.4 Å². The van der Waals surface area contributed by atoms with Crippen LogP contribution in [-0.4, -0.2) is 15.9 Å². The smallest absolute Gasteiger partial charge is 0.275 e. The highest BCUT2D eigenvalue weighted by molar-refractivity contribution is 7.14. The molecule has 0 aliphatic heterocycles. The molecular weight excluding hydrogens is 380 g/mol. The molecule has 0 saturated carbocycles. The van der Waals surface area contributed by atoms with Gasteiger partial charge in [0.15, 0.2) is 5.13 Å². The van der Waals surface area contributed by atoms with Gasteiger partial charge in [0.25, 0.3) is 5.91 Å². The molecule has 4 aromatic rings. The summed E-state index contributed by atoms with van der Waals surface area (Å²) in [6.07, 6.45) is 1.80. The van der Waals surface area contributed by atoms with E-state index in [1.54, 1.807) is 17.6 Å². The second-order valence-corrected chi connectivity index (χ2v) is 7.23. The first-order valence-corrected chi connectivity index (χ1v) is 9.50. The Kier molecular flexibility index (Phi) is 4.75. The van der Waals surface area contributed by atoms with Crippen molar-refractivity contribution in [2.75, 3.05) is 10.6 Å². The van der Waals surface area contributed by atoms with Crippen molar-refractivity contribution < 1.29 is 4.79 Å². The number of nitrogens with one attached hydrogen (secondary N) is 2. The zero-order valence-electron chi connectivity index (χ0n) is 14.4. The van der Waals surface area contributed by atoms with Crippen LogP contribution in [0.4, 0.5) is 16.6 Å². The molecule has 0 bridgehead atoms. The van der Waals surface area contributed by atoms with Crippen molar-refractivity contribution in [1.82, 2.24) is 9.97 Å². The number of aromatic nitrogens is 2. The van der Waals surface area contributed by atoms with Crippen molar-refractivity contribution in [3.05, 3.63) is 76.4 Å². The number of para-hydroxylation sites is 1. The van der Waals surface area contributed by atoms with Crippen LogP contribution < -0.4 is 10.6 Å². The van der Waals surface area contributed by atoms with Crippen LogP contribution in [-0.2, 0) is 0 Å². The molecule has 4 rings (SSSR count). The molecule has 2 heterocycles. The number of pyridine rings is 1. The molecule has 0 aliphatic rings. The Bertz CT molecular complexity index is 1120. The van der Waals surface area contributed by atoms with Crippen molar-refractivity contribution in [3.8, 4) is 0 Å². The third-order valence-electron chi connectivity index (χ3n) is 4.06. The highest BCUT2D eigenvalue weighted by atomic mass is 35.5. The van der Waals surface area contributed by atoms with Gasteiger partial charge >= 0.3 is 0 Å². The molecule has 134 valence electrons. The van der Waals surface area contributed by atoms with Gasteiger partial charge in [-0.15, -0.1) is 11.3 Å². The van der Waals surface area contributed by atoms with E-state index in [-0.39, 0.29) is 5.91 Å². The number of carbonyl (C=O) groups is 1. The summed E-state index contributed by atoms with van der Waals surface area (Å²) in [4.78, 5) is 21.2. The van der Waals surface area contributed by atoms with E-state index < -0.39 is 0 Å². The van der Waals surface area contributed by atoms with Crippen molar-refractivity contribution in [2.45, 2.75) is 6.92 Å². The van der Waals surface area contributed by atoms with Crippen LogP contribution >= 0.6 is 22.9 Å². The van der Waals surface area contributed by atoms with Gasteiger partial charge in [0.1, 0.15) is 11.5 Å². The molecule has 0 aliphatic carbocycles. The molecule has 0 atom stereocenters. The van der Waals surface area contributed by atoms with Gasteiger partial charge < -0.3 is 10.6 Å². The number of fused-ring (bicyclic) bond motifs is 1. The minimum atomic E-state index is -0.304. The molecule has 0 saturated heterocycles. The first-order chi connectivity index (χ1) is 13.1. The fourth-order valence-electron chi connectivity index (χ4n) is 2.66. The molecule has 7 heteroatoms. The maximum atomic E-state index is 12.5. The topological polar surface area (TPSA) is 66.9 Å². The summed E-state index contributed by atoms with van der Waals surface area (Å²) >= 11 is 7.51. The third kappa shape index (κ3) is 3.77. The Morgan fingerprint density at radius 2 is 1.93 bits per heavy atom. The molecule has 2 aromatic carbocycles. The zero-order valence-corrected chi connectivity index (χ0v) is 15.9. The summed E-state index contributed by atoms with van der Waals surface area (Å²) in [7, 11) is 0. The number of benzene rings is 2. The van der Waals surface area contributed by atoms with Crippen LogP contribution in [0.3, 0.4) is 0 Å². The predicted molar refractivity (Wildman–Crippen MR) is 111 cm³/mol. The molecule has 2 N–H and O–H groups in total. The van der Waals surface area contributed by atoms with Gasteiger partial charge in [-0.05, 0) is 30.0 Å². The lowest BCUT2D eigenvalue weighted by Crippen LogP contribution is -2.13. The molecule has 27 heavy (non-hydrogen) atoms. The number of halogens is 1. The Morgan fingerprint density at radius 3 is 2.74 bits per heavy atom.